The van der Waals surface area contributed by atoms with Crippen LogP contribution in [-0.4, -0.2) is 33.4 Å². The standard InChI is InChI=1S/C15H17N4O2/c1-9(20)19-12(7-8-21-2)18-13-14(19)10-5-3-4-6-11(10)17-15(13)16/h3-6,20H,7-8H2,1-2H3,(H2,16,17). The number of nitrogen functional groups attached to an aromatic ring is 1. The Labute approximate surface area is 122 Å². The number of hydrogen-bond acceptors (Lipinski definition) is 5. The number of imidazole rings is 1. The molecule has 1 radical (unpaired) electrons. The number of benzene rings is 1. The first kappa shape index (κ1) is 13.8. The highest BCUT2D eigenvalue weighted by atomic mass is 16.5. The first-order valence-electron chi connectivity index (χ1n) is 6.71. The fourth-order valence-electron chi connectivity index (χ4n) is 2.56. The number of rotatable bonds is 4. The van der Waals surface area contributed by atoms with Gasteiger partial charge in [0.2, 0.25) is 0 Å². The van der Waals surface area contributed by atoms with Crippen molar-refractivity contribution in [3.63, 3.8) is 0 Å². The number of nitrogens with two attached hydrogens (primary N) is 1. The number of nitrogens with zero attached hydrogens (tertiary/aromatic N) is 3. The molecule has 0 aliphatic rings. The van der Waals surface area contributed by atoms with Crippen molar-refractivity contribution in [2.45, 2.75) is 13.3 Å². The van der Waals surface area contributed by atoms with E-state index in [1.807, 2.05) is 24.3 Å². The Bertz CT molecular complexity index is 795. The Morgan fingerprint density at radius 3 is 2.81 bits per heavy atom. The summed E-state index contributed by atoms with van der Waals surface area (Å²) in [5.41, 5.74) is 8.19. The number of ether oxygens (including phenoxy) is 1. The molecule has 0 amide bonds. The van der Waals surface area contributed by atoms with Gasteiger partial charge in [-0.15, -0.1) is 0 Å². The zero-order chi connectivity index (χ0) is 15.0. The van der Waals surface area contributed by atoms with Crippen molar-refractivity contribution in [2.75, 3.05) is 19.5 Å². The molecule has 6 nitrogen and oxygen atoms in total. The van der Waals surface area contributed by atoms with Gasteiger partial charge < -0.3 is 15.6 Å². The van der Waals surface area contributed by atoms with Gasteiger partial charge in [0.1, 0.15) is 11.3 Å². The molecule has 2 heterocycles. The maximum Gasteiger partial charge on any atom is 0.189 e. The normalized spacial score (nSPS) is 11.8. The highest BCUT2D eigenvalue weighted by Gasteiger charge is 2.19. The van der Waals surface area contributed by atoms with Crippen LogP contribution >= 0.6 is 0 Å². The number of para-hydroxylation sites is 1. The van der Waals surface area contributed by atoms with E-state index in [1.54, 1.807) is 18.6 Å². The van der Waals surface area contributed by atoms with E-state index in [1.165, 1.54) is 0 Å². The SMILES string of the molecule is COCCc1nc2c(N)nc3ccccc3c2n1[C](C)O. The molecule has 0 aliphatic heterocycles. The number of aromatic nitrogens is 3. The van der Waals surface area contributed by atoms with Gasteiger partial charge in [0.15, 0.2) is 12.0 Å². The Hall–Kier alpha value is -2.18. The van der Waals surface area contributed by atoms with Crippen LogP contribution in [0.1, 0.15) is 12.7 Å². The summed E-state index contributed by atoms with van der Waals surface area (Å²) in [7, 11) is 1.63. The summed E-state index contributed by atoms with van der Waals surface area (Å²) in [6, 6.07) is 7.68. The van der Waals surface area contributed by atoms with E-state index in [-0.39, 0.29) is 6.23 Å². The predicted octanol–water partition coefficient (Wildman–Crippen LogP) is 2.09. The van der Waals surface area contributed by atoms with Gasteiger partial charge in [-0.1, -0.05) is 18.2 Å². The molecule has 21 heavy (non-hydrogen) atoms. The van der Waals surface area contributed by atoms with E-state index < -0.39 is 0 Å². The van der Waals surface area contributed by atoms with Crippen molar-refractivity contribution >= 4 is 27.8 Å². The number of hydrogen-bond donors (Lipinski definition) is 2. The quantitative estimate of drug-likeness (QED) is 0.766. The van der Waals surface area contributed by atoms with E-state index in [4.69, 9.17) is 10.5 Å². The minimum Gasteiger partial charge on any atom is -0.384 e. The molecule has 0 saturated heterocycles. The average Bonchev–Trinajstić information content (AvgIpc) is 2.85. The summed E-state index contributed by atoms with van der Waals surface area (Å²) in [4.78, 5) is 8.91. The van der Waals surface area contributed by atoms with Gasteiger partial charge in [-0.05, 0) is 13.0 Å². The number of aliphatic hydroxyl groups is 1. The van der Waals surface area contributed by atoms with Crippen LogP contribution in [0.5, 0.6) is 0 Å². The average molecular weight is 285 g/mol. The molecular formula is C15H17N4O2. The van der Waals surface area contributed by atoms with Crippen molar-refractivity contribution < 1.29 is 9.84 Å². The van der Waals surface area contributed by atoms with Crippen LogP contribution in [0, 0.1) is 6.23 Å². The van der Waals surface area contributed by atoms with E-state index in [9.17, 15) is 5.11 Å². The van der Waals surface area contributed by atoms with Gasteiger partial charge in [-0.2, -0.15) is 0 Å². The van der Waals surface area contributed by atoms with Crippen molar-refractivity contribution in [3.05, 3.63) is 36.3 Å². The third-order valence-corrected chi connectivity index (χ3v) is 3.44. The van der Waals surface area contributed by atoms with Gasteiger partial charge in [0.05, 0.1) is 17.6 Å². The number of anilines is 1. The topological polar surface area (TPSA) is 86.2 Å². The third kappa shape index (κ3) is 2.22. The lowest BCUT2D eigenvalue weighted by atomic mass is 10.2. The first-order chi connectivity index (χ1) is 10.1. The van der Waals surface area contributed by atoms with Crippen LogP contribution in [0.2, 0.25) is 0 Å². The molecule has 1 aromatic carbocycles. The fraction of sp³-hybridized carbons (Fsp3) is 0.267. The van der Waals surface area contributed by atoms with Crippen molar-refractivity contribution in [1.82, 2.24) is 14.5 Å². The molecule has 3 N–H and O–H groups in total. The molecule has 3 rings (SSSR count). The molecule has 0 atom stereocenters. The fourth-order valence-corrected chi connectivity index (χ4v) is 2.56. The Balaban J connectivity index is 2.38. The molecule has 0 saturated carbocycles. The van der Waals surface area contributed by atoms with E-state index in [0.717, 1.165) is 16.4 Å². The zero-order valence-corrected chi connectivity index (χ0v) is 12.0. The summed E-state index contributed by atoms with van der Waals surface area (Å²) in [6.45, 7) is 2.14. The van der Waals surface area contributed by atoms with Crippen molar-refractivity contribution in [2.24, 2.45) is 0 Å². The molecule has 0 spiro atoms. The summed E-state index contributed by atoms with van der Waals surface area (Å²) < 4.78 is 6.82. The van der Waals surface area contributed by atoms with Crippen LogP contribution in [0.15, 0.2) is 24.3 Å². The van der Waals surface area contributed by atoms with Gasteiger partial charge in [0, 0.05) is 18.9 Å². The lowest BCUT2D eigenvalue weighted by molar-refractivity contribution is 0.197. The van der Waals surface area contributed by atoms with Crippen LogP contribution in [0.3, 0.4) is 0 Å². The second-order valence-electron chi connectivity index (χ2n) is 4.86. The van der Waals surface area contributed by atoms with Crippen LogP contribution in [-0.2, 0) is 11.2 Å². The molecule has 0 bridgehead atoms. The molecule has 0 aliphatic carbocycles. The summed E-state index contributed by atoms with van der Waals surface area (Å²) in [5, 5.41) is 11.0. The van der Waals surface area contributed by atoms with Crippen LogP contribution in [0.4, 0.5) is 5.82 Å². The number of aliphatic hydroxyl groups excluding tert-OH is 1. The Kier molecular flexibility index (Phi) is 3.48. The van der Waals surface area contributed by atoms with Crippen molar-refractivity contribution in [3.8, 4) is 0 Å². The molecule has 109 valence electrons. The lowest BCUT2D eigenvalue weighted by Gasteiger charge is -2.12. The second kappa shape index (κ2) is 5.31. The monoisotopic (exact) mass is 285 g/mol. The highest BCUT2D eigenvalue weighted by molar-refractivity contribution is 6.06. The first-order valence-corrected chi connectivity index (χ1v) is 6.71. The number of pyridine rings is 1. The second-order valence-corrected chi connectivity index (χ2v) is 4.86. The van der Waals surface area contributed by atoms with Gasteiger partial charge in [0.25, 0.3) is 0 Å². The largest absolute Gasteiger partial charge is 0.384 e. The smallest absolute Gasteiger partial charge is 0.189 e. The van der Waals surface area contributed by atoms with Crippen LogP contribution < -0.4 is 5.73 Å². The minimum atomic E-state index is 0.152. The summed E-state index contributed by atoms with van der Waals surface area (Å²) in [5.74, 6) is 1.07. The van der Waals surface area contributed by atoms with E-state index in [0.29, 0.717) is 30.2 Å². The summed E-state index contributed by atoms with van der Waals surface area (Å²) in [6.07, 6.45) is 0.732. The Morgan fingerprint density at radius 1 is 1.33 bits per heavy atom. The number of fused-ring (bicyclic) bond motifs is 3. The molecule has 3 aromatic rings. The molecule has 2 aromatic heterocycles. The van der Waals surface area contributed by atoms with Gasteiger partial charge >= 0.3 is 0 Å². The maximum atomic E-state index is 10.1. The van der Waals surface area contributed by atoms with E-state index >= 15 is 0 Å². The summed E-state index contributed by atoms with van der Waals surface area (Å²) >= 11 is 0. The molecule has 0 fully saturated rings. The highest BCUT2D eigenvalue weighted by Crippen LogP contribution is 2.30. The zero-order valence-electron chi connectivity index (χ0n) is 12.0. The van der Waals surface area contributed by atoms with Gasteiger partial charge in [-0.3, -0.25) is 4.57 Å². The minimum absolute atomic E-state index is 0.152. The molecular weight excluding hydrogens is 268 g/mol. The maximum absolute atomic E-state index is 10.1. The van der Waals surface area contributed by atoms with Crippen molar-refractivity contribution in [1.29, 1.82) is 0 Å². The third-order valence-electron chi connectivity index (χ3n) is 3.44. The van der Waals surface area contributed by atoms with Crippen LogP contribution in [0.25, 0.3) is 21.9 Å². The molecule has 6 heteroatoms. The Morgan fingerprint density at radius 2 is 2.10 bits per heavy atom. The van der Waals surface area contributed by atoms with E-state index in [2.05, 4.69) is 9.97 Å². The van der Waals surface area contributed by atoms with Gasteiger partial charge in [-0.25, -0.2) is 9.97 Å². The number of methoxy groups -OCH3 is 1. The molecule has 0 unspecified atom stereocenters. The lowest BCUT2D eigenvalue weighted by Crippen LogP contribution is -2.11. The predicted molar refractivity (Wildman–Crippen MR) is 81.3 cm³/mol.